The Bertz CT molecular complexity index is 118. The van der Waals surface area contributed by atoms with Crippen LogP contribution in [-0.2, 0) is 16.8 Å². The van der Waals surface area contributed by atoms with Gasteiger partial charge in [-0.2, -0.15) is 0 Å². The van der Waals surface area contributed by atoms with Crippen molar-refractivity contribution in [2.75, 3.05) is 39.5 Å². The molecular formula is C6H14CoN4O3+. The molecule has 0 aliphatic rings. The Morgan fingerprint density at radius 2 is 1.43 bits per heavy atom. The van der Waals surface area contributed by atoms with Crippen LogP contribution in [0.15, 0.2) is 0 Å². The van der Waals surface area contributed by atoms with Gasteiger partial charge in [-0.1, -0.05) is 0 Å². The molecule has 0 aliphatic heterocycles. The Morgan fingerprint density at radius 1 is 1.07 bits per heavy atom. The maximum absolute atomic E-state index is 10.1. The third kappa shape index (κ3) is 17.7. The van der Waals surface area contributed by atoms with Gasteiger partial charge in [0.2, 0.25) is 0 Å². The third-order valence-corrected chi connectivity index (χ3v) is 1.24. The first kappa shape index (κ1) is 19.3. The molecule has 0 aromatic carbocycles. The summed E-state index contributed by atoms with van der Waals surface area (Å²) in [6, 6.07) is 0. The summed E-state index contributed by atoms with van der Waals surface area (Å²) in [5, 5.41) is 27.0. The van der Waals surface area contributed by atoms with E-state index in [2.05, 4.69) is 0 Å². The Balaban J connectivity index is -0.000000267. The zero-order valence-corrected chi connectivity index (χ0v) is 8.71. The molecule has 0 aromatic heterocycles. The van der Waals surface area contributed by atoms with E-state index in [9.17, 15) is 5.11 Å². The Hall–Kier alpha value is -0.344. The van der Waals surface area contributed by atoms with Gasteiger partial charge in [0.15, 0.2) is 0 Å². The summed E-state index contributed by atoms with van der Waals surface area (Å²) in [5.41, 5.74) is 13.5. The molecule has 84 valence electrons. The molecule has 0 spiro atoms. The first-order valence-corrected chi connectivity index (χ1v) is 3.77. The van der Waals surface area contributed by atoms with Crippen LogP contribution >= 0.6 is 0 Å². The Morgan fingerprint density at radius 3 is 1.64 bits per heavy atom. The van der Waals surface area contributed by atoms with Gasteiger partial charge in [0.05, 0.1) is 13.2 Å². The summed E-state index contributed by atoms with van der Waals surface area (Å²) in [6.07, 6.45) is 0. The molecule has 0 aliphatic carbocycles. The van der Waals surface area contributed by atoms with Gasteiger partial charge in [0, 0.05) is 13.1 Å². The maximum Gasteiger partial charge on any atom is 3.00 e. The Labute approximate surface area is 93.0 Å². The molecule has 0 saturated carbocycles. The fraction of sp³-hybridized carbons (Fsp3) is 1.00. The van der Waals surface area contributed by atoms with Gasteiger partial charge < -0.3 is 31.3 Å². The fourth-order valence-electron chi connectivity index (χ4n) is 0.747. The zero-order valence-electron chi connectivity index (χ0n) is 7.67. The molecule has 0 atom stereocenters. The van der Waals surface area contributed by atoms with Crippen LogP contribution in [0.25, 0.3) is 16.0 Å². The third-order valence-electron chi connectivity index (χ3n) is 1.24. The molecule has 0 unspecified atom stereocenters. The van der Waals surface area contributed by atoms with Crippen LogP contribution in [-0.4, -0.2) is 54.6 Å². The molecule has 0 radical (unpaired) electrons. The predicted octanol–water partition coefficient (Wildman–Crippen LogP) is -1.50. The van der Waals surface area contributed by atoms with E-state index in [1.807, 2.05) is 0 Å². The normalized spacial score (nSPS) is 8.29. The van der Waals surface area contributed by atoms with Gasteiger partial charge in [-0.05, 0) is 6.54 Å². The minimum Gasteiger partial charge on any atom is -0.854 e. The molecule has 0 rings (SSSR count). The van der Waals surface area contributed by atoms with E-state index in [1.54, 1.807) is 4.90 Å². The van der Waals surface area contributed by atoms with Crippen molar-refractivity contribution in [1.82, 2.24) is 4.90 Å². The van der Waals surface area contributed by atoms with Crippen molar-refractivity contribution >= 4 is 0 Å². The van der Waals surface area contributed by atoms with Crippen LogP contribution in [0.5, 0.6) is 0 Å². The summed E-state index contributed by atoms with van der Waals surface area (Å²) in [4.78, 5) is 3.23. The van der Waals surface area contributed by atoms with E-state index in [0.29, 0.717) is 19.6 Å². The molecule has 8 heteroatoms. The van der Waals surface area contributed by atoms with E-state index in [1.165, 1.54) is 4.91 Å². The largest absolute Gasteiger partial charge is 3.00 e. The summed E-state index contributed by atoms with van der Waals surface area (Å²) in [5.74, 6) is 0. The quantitative estimate of drug-likeness (QED) is 0.337. The van der Waals surface area contributed by atoms with Crippen molar-refractivity contribution < 1.29 is 32.1 Å². The van der Waals surface area contributed by atoms with Gasteiger partial charge in [-0.25, -0.2) is 0 Å². The predicted molar refractivity (Wildman–Crippen MR) is 45.6 cm³/mol. The monoisotopic (exact) mass is 249 g/mol. The molecule has 0 saturated heterocycles. The summed E-state index contributed by atoms with van der Waals surface area (Å²) in [7, 11) is 0. The maximum atomic E-state index is 10.1. The number of aliphatic hydroxyl groups excluding tert-OH is 2. The van der Waals surface area contributed by atoms with Gasteiger partial charge in [-0.3, -0.25) is 4.91 Å². The number of hydrogen-bond acceptors (Lipinski definition) is 4. The minimum absolute atomic E-state index is 0. The zero-order chi connectivity index (χ0) is 10.5. The first-order valence-electron chi connectivity index (χ1n) is 3.77. The standard InChI is InChI=1S/C6H14NO3.Co.N3/c8-4-1-7(2-5-9)3-6-10;;1-3-2/h8-9H,1-6H2;;/q-1;+3;-1. The number of rotatable bonds is 6. The SMILES string of the molecule is [Co+3].[N-]=[N+]=[N-].[O-]CCN(CCO)CCO. The fourth-order valence-corrected chi connectivity index (χ4v) is 0.747. The van der Waals surface area contributed by atoms with Crippen molar-refractivity contribution in [2.45, 2.75) is 0 Å². The van der Waals surface area contributed by atoms with Crippen molar-refractivity contribution in [3.8, 4) is 0 Å². The van der Waals surface area contributed by atoms with Crippen LogP contribution in [0.4, 0.5) is 0 Å². The minimum atomic E-state index is -0.181. The second-order valence-corrected chi connectivity index (χ2v) is 2.08. The summed E-state index contributed by atoms with van der Waals surface area (Å²) >= 11 is 0. The topological polar surface area (TPSA) is 125 Å². The van der Waals surface area contributed by atoms with Crippen molar-refractivity contribution in [3.63, 3.8) is 0 Å². The molecule has 0 heterocycles. The van der Waals surface area contributed by atoms with Gasteiger partial charge in [-0.15, -0.1) is 6.61 Å². The van der Waals surface area contributed by atoms with Crippen molar-refractivity contribution in [1.29, 1.82) is 0 Å². The number of nitrogens with zero attached hydrogens (tertiary/aromatic N) is 4. The summed E-state index contributed by atoms with van der Waals surface area (Å²) in [6.45, 7) is 1.26. The average molecular weight is 249 g/mol. The number of aliphatic hydroxyl groups is 2. The van der Waals surface area contributed by atoms with E-state index >= 15 is 0 Å². The molecule has 2 N–H and O–H groups in total. The Kier molecular flexibility index (Phi) is 25.4. The first-order chi connectivity index (χ1) is 6.26. The molecule has 0 bridgehead atoms. The van der Waals surface area contributed by atoms with Crippen LogP contribution in [0.2, 0.25) is 0 Å². The van der Waals surface area contributed by atoms with Crippen LogP contribution in [0, 0.1) is 0 Å². The van der Waals surface area contributed by atoms with Crippen LogP contribution < -0.4 is 5.11 Å². The van der Waals surface area contributed by atoms with Gasteiger partial charge >= 0.3 is 16.8 Å². The van der Waals surface area contributed by atoms with Gasteiger partial charge in [0.1, 0.15) is 0 Å². The number of hydrogen-bond donors (Lipinski definition) is 2. The van der Waals surface area contributed by atoms with E-state index in [4.69, 9.17) is 21.3 Å². The van der Waals surface area contributed by atoms with Gasteiger partial charge in [0.25, 0.3) is 0 Å². The van der Waals surface area contributed by atoms with E-state index in [0.717, 1.165) is 0 Å². The molecule has 0 fully saturated rings. The van der Waals surface area contributed by atoms with Crippen LogP contribution in [0.1, 0.15) is 0 Å². The smallest absolute Gasteiger partial charge is 0.854 e. The second-order valence-electron chi connectivity index (χ2n) is 2.08. The molecule has 0 amide bonds. The molecule has 7 nitrogen and oxygen atoms in total. The average Bonchev–Trinajstić information content (AvgIpc) is 2.07. The molecule has 14 heavy (non-hydrogen) atoms. The molecular weight excluding hydrogens is 235 g/mol. The van der Waals surface area contributed by atoms with Crippen molar-refractivity contribution in [2.24, 2.45) is 0 Å². The summed E-state index contributed by atoms with van der Waals surface area (Å²) < 4.78 is 0. The van der Waals surface area contributed by atoms with Crippen LogP contribution in [0.3, 0.4) is 0 Å². The second kappa shape index (κ2) is 18.4. The van der Waals surface area contributed by atoms with Crippen molar-refractivity contribution in [3.05, 3.63) is 16.0 Å². The molecule has 0 aromatic rings. The van der Waals surface area contributed by atoms with E-state index in [-0.39, 0.29) is 36.6 Å². The van der Waals surface area contributed by atoms with E-state index < -0.39 is 0 Å².